The molecule has 11 heteroatoms. The molecule has 0 spiro atoms. The molecule has 0 aromatic heterocycles. The average molecular weight is 418 g/mol. The van der Waals surface area contributed by atoms with Crippen molar-refractivity contribution in [2.24, 2.45) is 5.16 Å². The van der Waals surface area contributed by atoms with E-state index >= 15 is 0 Å². The minimum absolute atomic E-state index is 0.140. The maximum absolute atomic E-state index is 13.7. The van der Waals surface area contributed by atoms with Crippen LogP contribution in [0.1, 0.15) is 17.5 Å². The molecule has 6 nitrogen and oxygen atoms in total. The Labute approximate surface area is 157 Å². The molecule has 0 saturated carbocycles. The number of rotatable bonds is 5. The Morgan fingerprint density at radius 3 is 2.54 bits per heavy atom. The van der Waals surface area contributed by atoms with E-state index in [0.717, 1.165) is 12.1 Å². The van der Waals surface area contributed by atoms with Crippen LogP contribution in [0.3, 0.4) is 0 Å². The van der Waals surface area contributed by atoms with E-state index in [2.05, 4.69) is 14.7 Å². The number of hydrogen-bond acceptors (Lipinski definition) is 5. The fourth-order valence-corrected chi connectivity index (χ4v) is 3.60. The van der Waals surface area contributed by atoms with Gasteiger partial charge in [-0.3, -0.25) is 0 Å². The summed E-state index contributed by atoms with van der Waals surface area (Å²) in [5.41, 5.74) is 0.476. The van der Waals surface area contributed by atoms with Gasteiger partial charge in [0.05, 0.1) is 12.1 Å². The molecular formula is C17H14F4N2O4S. The number of hydrogen-bond donors (Lipinski definition) is 2. The van der Waals surface area contributed by atoms with E-state index in [1.54, 1.807) is 0 Å². The summed E-state index contributed by atoms with van der Waals surface area (Å²) in [5, 5.41) is 12.8. The summed E-state index contributed by atoms with van der Waals surface area (Å²) in [6.07, 6.45) is -5.92. The number of alkyl halides is 3. The monoisotopic (exact) mass is 418 g/mol. The normalized spacial score (nSPS) is 20.0. The summed E-state index contributed by atoms with van der Waals surface area (Å²) in [5.74, 6) is -4.31. The molecule has 3 rings (SSSR count). The van der Waals surface area contributed by atoms with Crippen LogP contribution in [0.25, 0.3) is 0 Å². The molecule has 0 radical (unpaired) electrons. The standard InChI is InChI=1S/C17H14F4N2O4S/c18-13-6-1-2-7-15(13)28(25,26)22-10-11-4-3-5-12(8-11)14-9-16(24,27-23-14)17(19,20)21/h1-8,22,24H,9-10H2. The van der Waals surface area contributed by atoms with Crippen LogP contribution in [0.2, 0.25) is 0 Å². The van der Waals surface area contributed by atoms with Crippen LogP contribution in [0.15, 0.2) is 58.6 Å². The summed E-state index contributed by atoms with van der Waals surface area (Å²) in [6, 6.07) is 10.7. The third-order valence-corrected chi connectivity index (χ3v) is 5.44. The molecule has 1 aliphatic rings. The van der Waals surface area contributed by atoms with Crippen molar-refractivity contribution in [2.75, 3.05) is 0 Å². The molecule has 0 fully saturated rings. The van der Waals surface area contributed by atoms with E-state index in [0.29, 0.717) is 5.56 Å². The number of benzene rings is 2. The molecule has 0 aliphatic carbocycles. The Morgan fingerprint density at radius 2 is 1.89 bits per heavy atom. The second kappa shape index (κ2) is 7.15. The first-order valence-electron chi connectivity index (χ1n) is 7.89. The first kappa shape index (κ1) is 20.2. The summed E-state index contributed by atoms with van der Waals surface area (Å²) in [4.78, 5) is 3.64. The van der Waals surface area contributed by atoms with Crippen molar-refractivity contribution in [3.8, 4) is 0 Å². The lowest BCUT2D eigenvalue weighted by Crippen LogP contribution is -2.45. The van der Waals surface area contributed by atoms with E-state index < -0.39 is 39.1 Å². The van der Waals surface area contributed by atoms with Gasteiger partial charge in [0.15, 0.2) is 0 Å². The highest BCUT2D eigenvalue weighted by Crippen LogP contribution is 2.38. The van der Waals surface area contributed by atoms with Crippen molar-refractivity contribution < 1.29 is 35.9 Å². The van der Waals surface area contributed by atoms with Crippen LogP contribution in [-0.2, 0) is 21.4 Å². The molecule has 0 bridgehead atoms. The average Bonchev–Trinajstić information content (AvgIpc) is 3.04. The highest BCUT2D eigenvalue weighted by Gasteiger charge is 2.60. The third kappa shape index (κ3) is 4.01. The lowest BCUT2D eigenvalue weighted by Gasteiger charge is -2.22. The largest absolute Gasteiger partial charge is 0.458 e. The number of sulfonamides is 1. The maximum atomic E-state index is 13.7. The van der Waals surface area contributed by atoms with Crippen molar-refractivity contribution in [2.45, 2.75) is 29.8 Å². The minimum atomic E-state index is -5.02. The zero-order valence-electron chi connectivity index (χ0n) is 14.1. The van der Waals surface area contributed by atoms with E-state index in [1.807, 2.05) is 0 Å². The first-order chi connectivity index (χ1) is 13.0. The van der Waals surface area contributed by atoms with Gasteiger partial charge in [0.25, 0.3) is 0 Å². The van der Waals surface area contributed by atoms with E-state index in [-0.39, 0.29) is 17.8 Å². The lowest BCUT2D eigenvalue weighted by molar-refractivity contribution is -0.355. The number of halogens is 4. The molecule has 0 saturated heterocycles. The van der Waals surface area contributed by atoms with Crippen molar-refractivity contribution in [3.63, 3.8) is 0 Å². The molecule has 1 aliphatic heterocycles. The van der Waals surface area contributed by atoms with Crippen molar-refractivity contribution in [1.82, 2.24) is 4.72 Å². The zero-order chi connectivity index (χ0) is 20.6. The Balaban J connectivity index is 1.74. The van der Waals surface area contributed by atoms with E-state index in [9.17, 15) is 31.1 Å². The fourth-order valence-electron chi connectivity index (χ4n) is 2.51. The Hall–Kier alpha value is -2.50. The van der Waals surface area contributed by atoms with Gasteiger partial charge in [-0.1, -0.05) is 35.5 Å². The van der Waals surface area contributed by atoms with E-state index in [1.165, 1.54) is 36.4 Å². The van der Waals surface area contributed by atoms with Gasteiger partial charge in [-0.15, -0.1) is 0 Å². The molecule has 0 amide bonds. The Kier molecular flexibility index (Phi) is 5.17. The van der Waals surface area contributed by atoms with Crippen molar-refractivity contribution in [3.05, 3.63) is 65.5 Å². The van der Waals surface area contributed by atoms with Gasteiger partial charge in [0, 0.05) is 6.54 Å². The molecular weight excluding hydrogens is 404 g/mol. The SMILES string of the molecule is O=S(=O)(NCc1cccc(C2=NOC(O)(C(F)(F)F)C2)c1)c1ccccc1F. The van der Waals surface area contributed by atoms with Gasteiger partial charge in [-0.2, -0.15) is 13.2 Å². The molecule has 28 heavy (non-hydrogen) atoms. The van der Waals surface area contributed by atoms with Gasteiger partial charge in [0.2, 0.25) is 10.0 Å². The predicted molar refractivity (Wildman–Crippen MR) is 90.1 cm³/mol. The molecule has 1 unspecified atom stereocenters. The van der Waals surface area contributed by atoms with Gasteiger partial charge < -0.3 is 9.94 Å². The second-order valence-electron chi connectivity index (χ2n) is 6.04. The van der Waals surface area contributed by atoms with Crippen LogP contribution >= 0.6 is 0 Å². The number of nitrogens with zero attached hydrogens (tertiary/aromatic N) is 1. The zero-order valence-corrected chi connectivity index (χ0v) is 14.9. The molecule has 150 valence electrons. The topological polar surface area (TPSA) is 88.0 Å². The number of aliphatic hydroxyl groups is 1. The minimum Gasteiger partial charge on any atom is -0.350 e. The van der Waals surface area contributed by atoms with Crippen molar-refractivity contribution >= 4 is 15.7 Å². The van der Waals surface area contributed by atoms with Crippen LogP contribution in [0.5, 0.6) is 0 Å². The summed E-state index contributed by atoms with van der Waals surface area (Å²) < 4.78 is 78.7. The lowest BCUT2D eigenvalue weighted by atomic mass is 10.0. The van der Waals surface area contributed by atoms with Crippen LogP contribution in [0.4, 0.5) is 17.6 Å². The summed E-state index contributed by atoms with van der Waals surface area (Å²) in [6.45, 7) is -0.234. The molecule has 1 atom stereocenters. The maximum Gasteiger partial charge on any atom is 0.458 e. The first-order valence-corrected chi connectivity index (χ1v) is 9.38. The predicted octanol–water partition coefficient (Wildman–Crippen LogP) is 2.68. The van der Waals surface area contributed by atoms with Gasteiger partial charge in [0.1, 0.15) is 10.7 Å². The number of nitrogens with one attached hydrogen (secondary N) is 1. The highest BCUT2D eigenvalue weighted by molar-refractivity contribution is 7.89. The van der Waals surface area contributed by atoms with Crippen molar-refractivity contribution in [1.29, 1.82) is 0 Å². The van der Waals surface area contributed by atoms with Crippen LogP contribution in [-0.4, -0.2) is 31.2 Å². The summed E-state index contributed by atoms with van der Waals surface area (Å²) in [7, 11) is -4.13. The second-order valence-corrected chi connectivity index (χ2v) is 7.78. The fraction of sp³-hybridized carbons (Fsp3) is 0.235. The van der Waals surface area contributed by atoms with Crippen LogP contribution in [0, 0.1) is 5.82 Å². The summed E-state index contributed by atoms with van der Waals surface area (Å²) >= 11 is 0. The smallest absolute Gasteiger partial charge is 0.350 e. The Morgan fingerprint density at radius 1 is 1.18 bits per heavy atom. The van der Waals surface area contributed by atoms with Gasteiger partial charge in [-0.05, 0) is 29.3 Å². The van der Waals surface area contributed by atoms with E-state index in [4.69, 9.17) is 0 Å². The van der Waals surface area contributed by atoms with Crippen LogP contribution < -0.4 is 4.72 Å². The van der Waals surface area contributed by atoms with Gasteiger partial charge in [-0.25, -0.2) is 17.5 Å². The third-order valence-electron chi connectivity index (χ3n) is 4.01. The molecule has 2 aromatic rings. The number of oxime groups is 1. The van der Waals surface area contributed by atoms with Gasteiger partial charge >= 0.3 is 12.0 Å². The Bertz CT molecular complexity index is 1020. The quantitative estimate of drug-likeness (QED) is 0.731. The molecule has 1 heterocycles. The highest BCUT2D eigenvalue weighted by atomic mass is 32.2. The molecule has 2 N–H and O–H groups in total. The molecule has 2 aromatic carbocycles.